The summed E-state index contributed by atoms with van der Waals surface area (Å²) in [5, 5.41) is 5.05. The van der Waals surface area contributed by atoms with Crippen LogP contribution in [0.15, 0.2) is 128 Å². The molecule has 7 rings (SSSR count). The molecule has 5 aromatic carbocycles. The quantitative estimate of drug-likeness (QED) is 0.191. The second kappa shape index (κ2) is 10.4. The number of benzene rings is 5. The molecule has 0 N–H and O–H groups in total. The molecule has 0 aliphatic carbocycles. The topological polar surface area (TPSA) is 17.1 Å². The van der Waals surface area contributed by atoms with Crippen LogP contribution in [0.2, 0.25) is 0 Å². The van der Waals surface area contributed by atoms with E-state index in [1.807, 2.05) is 53.8 Å². The maximum atomic E-state index is 13.4. The fourth-order valence-electron chi connectivity index (χ4n) is 5.64. The van der Waals surface area contributed by atoms with Crippen molar-refractivity contribution in [3.8, 4) is 11.1 Å². The molecule has 41 heavy (non-hydrogen) atoms. The Morgan fingerprint density at radius 1 is 0.634 bits per heavy atom. The molecule has 7 aromatic rings. The van der Waals surface area contributed by atoms with Crippen LogP contribution in [0, 0.1) is 0 Å². The highest BCUT2D eigenvalue weighted by Gasteiger charge is 2.13. The second-order valence-corrected chi connectivity index (χ2v) is 12.1. The van der Waals surface area contributed by atoms with E-state index < -0.39 is 0 Å². The minimum absolute atomic E-state index is 0.0211. The maximum Gasteiger partial charge on any atom is 0.193 e. The zero-order chi connectivity index (χ0) is 27.9. The molecule has 0 aliphatic heterocycles. The Morgan fingerprint density at radius 3 is 1.90 bits per heavy atom. The van der Waals surface area contributed by atoms with Crippen molar-refractivity contribution in [3.63, 3.8) is 0 Å². The Hall–Kier alpha value is -4.57. The Morgan fingerprint density at radius 2 is 1.22 bits per heavy atom. The van der Waals surface area contributed by atoms with Gasteiger partial charge in [-0.05, 0) is 51.9 Å². The fourth-order valence-corrected chi connectivity index (χ4v) is 8.18. The van der Waals surface area contributed by atoms with Crippen molar-refractivity contribution >= 4 is 70.4 Å². The lowest BCUT2D eigenvalue weighted by molar-refractivity contribution is 0.103. The van der Waals surface area contributed by atoms with Gasteiger partial charge in [0.05, 0.1) is 0 Å². The van der Waals surface area contributed by atoms with E-state index in [4.69, 9.17) is 0 Å². The van der Waals surface area contributed by atoms with Crippen molar-refractivity contribution in [3.05, 3.63) is 154 Å². The molecular formula is C38H26OS2. The van der Waals surface area contributed by atoms with Gasteiger partial charge >= 0.3 is 0 Å². The van der Waals surface area contributed by atoms with Gasteiger partial charge in [0, 0.05) is 40.5 Å². The van der Waals surface area contributed by atoms with Crippen molar-refractivity contribution in [1.29, 1.82) is 0 Å². The number of fused-ring (bicyclic) bond motifs is 4. The van der Waals surface area contributed by atoms with Gasteiger partial charge in [0.25, 0.3) is 0 Å². The molecule has 0 fully saturated rings. The molecule has 0 saturated heterocycles. The van der Waals surface area contributed by atoms with Crippen molar-refractivity contribution in [2.24, 2.45) is 0 Å². The van der Waals surface area contributed by atoms with Crippen molar-refractivity contribution < 1.29 is 4.79 Å². The summed E-state index contributed by atoms with van der Waals surface area (Å²) in [6, 6.07) is 39.4. The van der Waals surface area contributed by atoms with E-state index >= 15 is 0 Å². The van der Waals surface area contributed by atoms with E-state index in [2.05, 4.69) is 98.4 Å². The second-order valence-electron chi connectivity index (χ2n) is 10.0. The van der Waals surface area contributed by atoms with Crippen LogP contribution in [-0.2, 0) is 0 Å². The van der Waals surface area contributed by atoms with Crippen molar-refractivity contribution in [2.45, 2.75) is 6.92 Å². The summed E-state index contributed by atoms with van der Waals surface area (Å²) in [6.45, 7) is 6.20. The van der Waals surface area contributed by atoms with Crippen LogP contribution >= 0.6 is 22.7 Å². The van der Waals surface area contributed by atoms with Gasteiger partial charge in [-0.3, -0.25) is 4.79 Å². The van der Waals surface area contributed by atoms with Gasteiger partial charge in [-0.25, -0.2) is 0 Å². The van der Waals surface area contributed by atoms with E-state index in [0.29, 0.717) is 11.1 Å². The van der Waals surface area contributed by atoms with Gasteiger partial charge < -0.3 is 0 Å². The first-order valence-electron chi connectivity index (χ1n) is 13.6. The largest absolute Gasteiger partial charge is 0.289 e. The van der Waals surface area contributed by atoms with Crippen LogP contribution in [0.1, 0.15) is 28.4 Å². The number of rotatable bonds is 5. The van der Waals surface area contributed by atoms with E-state index in [-0.39, 0.29) is 5.78 Å². The molecule has 3 heteroatoms. The zero-order valence-electron chi connectivity index (χ0n) is 22.6. The Bertz CT molecular complexity index is 2230. The first-order valence-corrected chi connectivity index (χ1v) is 15.3. The van der Waals surface area contributed by atoms with Crippen LogP contribution in [0.4, 0.5) is 0 Å². The molecule has 0 radical (unpaired) electrons. The monoisotopic (exact) mass is 562 g/mol. The summed E-state index contributed by atoms with van der Waals surface area (Å²) in [7, 11) is 0. The highest BCUT2D eigenvalue weighted by atomic mass is 32.1. The van der Waals surface area contributed by atoms with Gasteiger partial charge in [0.1, 0.15) is 0 Å². The molecule has 2 aromatic heterocycles. The van der Waals surface area contributed by atoms with E-state index in [1.165, 1.54) is 45.6 Å². The average molecular weight is 563 g/mol. The number of thiophene rings is 2. The summed E-state index contributed by atoms with van der Waals surface area (Å²) in [5.41, 5.74) is 5.81. The predicted octanol–water partition coefficient (Wildman–Crippen LogP) is 9.35. The lowest BCUT2D eigenvalue weighted by Crippen LogP contribution is -2.21. The number of carbonyl (C=O) groups excluding carboxylic acids is 1. The van der Waals surface area contributed by atoms with Gasteiger partial charge in [0.15, 0.2) is 5.78 Å². The molecule has 196 valence electrons. The molecule has 0 spiro atoms. The van der Waals surface area contributed by atoms with Crippen LogP contribution in [0.25, 0.3) is 53.0 Å². The summed E-state index contributed by atoms with van der Waals surface area (Å²) in [4.78, 5) is 13.4. The lowest BCUT2D eigenvalue weighted by Gasteiger charge is -2.07. The molecule has 0 atom stereocenters. The fraction of sp³-hybridized carbons (Fsp3) is 0.0263. The number of hydrogen-bond donors (Lipinski definition) is 0. The van der Waals surface area contributed by atoms with Crippen LogP contribution in [0.3, 0.4) is 0 Å². The van der Waals surface area contributed by atoms with Crippen molar-refractivity contribution in [1.82, 2.24) is 0 Å². The predicted molar refractivity (Wildman–Crippen MR) is 179 cm³/mol. The van der Waals surface area contributed by atoms with Gasteiger partial charge in [-0.2, -0.15) is 0 Å². The first kappa shape index (κ1) is 25.4. The normalized spacial score (nSPS) is 12.8. The third-order valence-corrected chi connectivity index (χ3v) is 10.1. The van der Waals surface area contributed by atoms with Crippen molar-refractivity contribution in [2.75, 3.05) is 0 Å². The Labute approximate surface area is 246 Å². The van der Waals surface area contributed by atoms with Crippen LogP contribution in [0.5, 0.6) is 0 Å². The van der Waals surface area contributed by atoms with Crippen LogP contribution in [-0.4, -0.2) is 5.78 Å². The molecule has 0 unspecified atom stereocenters. The lowest BCUT2D eigenvalue weighted by atomic mass is 9.97. The molecule has 0 amide bonds. The van der Waals surface area contributed by atoms with Gasteiger partial charge in [0.2, 0.25) is 0 Å². The molecule has 0 bridgehead atoms. The highest BCUT2D eigenvalue weighted by molar-refractivity contribution is 7.26. The first-order chi connectivity index (χ1) is 20.2. The smallest absolute Gasteiger partial charge is 0.193 e. The SMILES string of the molecule is C=C/C(c1ccc(C(=O)c2ccc(-c3cccc4c3sc3ccccc34)cc2)cc1)=c1/sc2ccccc2/c1=C/C. The Balaban J connectivity index is 1.21. The molecule has 0 aliphatic rings. The van der Waals surface area contributed by atoms with E-state index in [9.17, 15) is 4.79 Å². The number of ketones is 1. The minimum Gasteiger partial charge on any atom is -0.289 e. The Kier molecular flexibility index (Phi) is 6.47. The van der Waals surface area contributed by atoms with Gasteiger partial charge in [-0.15, -0.1) is 22.7 Å². The third kappa shape index (κ3) is 4.35. The number of allylic oxidation sites excluding steroid dienone is 1. The highest BCUT2D eigenvalue weighted by Crippen LogP contribution is 2.39. The number of hydrogen-bond acceptors (Lipinski definition) is 3. The summed E-state index contributed by atoms with van der Waals surface area (Å²) in [5.74, 6) is 0.0211. The number of carbonyl (C=O) groups is 1. The van der Waals surface area contributed by atoms with Crippen LogP contribution < -0.4 is 9.75 Å². The average Bonchev–Trinajstić information content (AvgIpc) is 3.60. The summed E-state index contributed by atoms with van der Waals surface area (Å²) in [6.07, 6.45) is 4.09. The summed E-state index contributed by atoms with van der Waals surface area (Å²) >= 11 is 3.60. The third-order valence-electron chi connectivity index (χ3n) is 7.69. The standard InChI is InChI=1S/C38H26OS2/c1-3-28(37-29(4-2)31-10-5-7-14-34(31)40-37)24-16-20-26(21-17-24)36(39)27-22-18-25(19-23-27)30-12-9-13-33-32-11-6-8-15-35(32)41-38(30)33/h3-23H,1H2,2H3/b29-4-,37-28-. The van der Waals surface area contributed by atoms with E-state index in [0.717, 1.165) is 16.7 Å². The summed E-state index contributed by atoms with van der Waals surface area (Å²) < 4.78 is 5.03. The van der Waals surface area contributed by atoms with Gasteiger partial charge in [-0.1, -0.05) is 122 Å². The molecule has 2 heterocycles. The molecular weight excluding hydrogens is 537 g/mol. The van der Waals surface area contributed by atoms with E-state index in [1.54, 1.807) is 11.3 Å². The maximum absolute atomic E-state index is 13.4. The minimum atomic E-state index is 0.0211. The zero-order valence-corrected chi connectivity index (χ0v) is 24.2. The molecule has 0 saturated carbocycles. The molecule has 1 nitrogen and oxygen atoms in total.